The molecule has 2 aliphatic rings. The number of nitrogens with zero attached hydrogens (tertiary/aromatic N) is 2. The van der Waals surface area contributed by atoms with Crippen LogP contribution in [0.25, 0.3) is 6.08 Å². The molecule has 1 amide bonds. The summed E-state index contributed by atoms with van der Waals surface area (Å²) >= 11 is 0. The number of hydrogen-bond donors (Lipinski definition) is 2. The number of aryl methyl sites for hydroxylation is 1. The second kappa shape index (κ2) is 14.0. The fraction of sp³-hybridized carbons (Fsp3) is 0.378. The summed E-state index contributed by atoms with van der Waals surface area (Å²) in [5, 5.41) is 13.2. The third-order valence-electron chi connectivity index (χ3n) is 8.81. The summed E-state index contributed by atoms with van der Waals surface area (Å²) in [5.41, 5.74) is 6.57. The van der Waals surface area contributed by atoms with E-state index in [2.05, 4.69) is 61.0 Å². The highest BCUT2D eigenvalue weighted by molar-refractivity contribution is 5.96. The van der Waals surface area contributed by atoms with Crippen LogP contribution in [0.5, 0.6) is 0 Å². The van der Waals surface area contributed by atoms with Crippen molar-refractivity contribution in [2.75, 3.05) is 29.9 Å². The van der Waals surface area contributed by atoms with Crippen molar-refractivity contribution < 1.29 is 14.3 Å². The van der Waals surface area contributed by atoms with E-state index in [1.807, 2.05) is 35.2 Å². The van der Waals surface area contributed by atoms with Gasteiger partial charge in [0.05, 0.1) is 6.10 Å². The Kier molecular flexibility index (Phi) is 9.98. The summed E-state index contributed by atoms with van der Waals surface area (Å²) in [7, 11) is 0. The maximum Gasteiger partial charge on any atom is 0.253 e. The maximum absolute atomic E-state index is 13.8. The average Bonchev–Trinajstić information content (AvgIpc) is 2.99. The number of likely N-dealkylation sites (tertiary alicyclic amines) is 1. The number of aliphatic hydroxyl groups excluding tert-OH is 1. The highest BCUT2D eigenvalue weighted by Gasteiger charge is 2.33. The molecule has 1 saturated carbocycles. The topological polar surface area (TPSA) is 55.8 Å². The van der Waals surface area contributed by atoms with Crippen molar-refractivity contribution in [2.24, 2.45) is 11.8 Å². The van der Waals surface area contributed by atoms with E-state index in [0.29, 0.717) is 36.2 Å². The molecule has 0 aromatic heterocycles. The summed E-state index contributed by atoms with van der Waals surface area (Å²) in [6.45, 7) is 11.1. The number of para-hydroxylation sites is 1. The smallest absolute Gasteiger partial charge is 0.253 e. The third kappa shape index (κ3) is 7.55. The standard InChI is InChI=1S/C37H44FN3O2/c1-4-5-6-11-30-23-31(15-16-35(30)39-33-13-9-12-32(38)24-33)37(43)40-19-17-29(18-20-40)27(3)41(25-28-21-34(42)22-28)36-14-8-7-10-26(36)2/h6-16,23-24,28-29,34,39,42H,3-5,17-22,25H2,1-2H3/b11-6-. The van der Waals surface area contributed by atoms with Gasteiger partial charge in [-0.1, -0.05) is 56.3 Å². The number of nitrogens with one attached hydrogen (secondary N) is 1. The van der Waals surface area contributed by atoms with Crippen LogP contribution in [0.4, 0.5) is 21.5 Å². The van der Waals surface area contributed by atoms with Gasteiger partial charge in [0.25, 0.3) is 5.91 Å². The van der Waals surface area contributed by atoms with Gasteiger partial charge in [0, 0.05) is 53.9 Å². The molecule has 0 bridgehead atoms. The number of amides is 1. The van der Waals surface area contributed by atoms with Crippen LogP contribution >= 0.6 is 0 Å². The first-order chi connectivity index (χ1) is 20.8. The molecule has 2 fully saturated rings. The van der Waals surface area contributed by atoms with Crippen molar-refractivity contribution in [3.05, 3.63) is 108 Å². The number of carbonyl (C=O) groups excluding carboxylic acids is 1. The number of benzene rings is 3. The average molecular weight is 582 g/mol. The third-order valence-corrected chi connectivity index (χ3v) is 8.81. The molecule has 0 radical (unpaired) electrons. The molecular weight excluding hydrogens is 537 g/mol. The SMILES string of the molecule is C=C(C1CCN(C(=O)c2ccc(Nc3cccc(F)c3)c(/C=C\CCC)c2)CC1)N(CC1CC(O)C1)c1ccccc1C. The van der Waals surface area contributed by atoms with Gasteiger partial charge in [-0.15, -0.1) is 0 Å². The van der Waals surface area contributed by atoms with Crippen LogP contribution in [-0.4, -0.2) is 41.7 Å². The quantitative estimate of drug-likeness (QED) is 0.239. The summed E-state index contributed by atoms with van der Waals surface area (Å²) in [6.07, 6.45) is 9.36. The zero-order valence-corrected chi connectivity index (χ0v) is 25.4. The van der Waals surface area contributed by atoms with Crippen LogP contribution in [0.1, 0.15) is 66.9 Å². The largest absolute Gasteiger partial charge is 0.393 e. The summed E-state index contributed by atoms with van der Waals surface area (Å²) in [5.74, 6) is 0.492. The summed E-state index contributed by atoms with van der Waals surface area (Å²) in [4.78, 5) is 18.0. The first kappa shape index (κ1) is 30.6. The van der Waals surface area contributed by atoms with Crippen molar-refractivity contribution in [2.45, 2.75) is 58.5 Å². The molecule has 0 unspecified atom stereocenters. The maximum atomic E-state index is 13.8. The monoisotopic (exact) mass is 581 g/mol. The molecule has 5 nitrogen and oxygen atoms in total. The molecule has 1 heterocycles. The Morgan fingerprint density at radius 1 is 1.09 bits per heavy atom. The molecule has 1 saturated heterocycles. The molecule has 5 rings (SSSR count). The van der Waals surface area contributed by atoms with Gasteiger partial charge in [-0.05, 0) is 98.5 Å². The minimum Gasteiger partial charge on any atom is -0.393 e. The number of piperidine rings is 1. The van der Waals surface area contributed by atoms with Crippen molar-refractivity contribution >= 4 is 29.0 Å². The predicted octanol–water partition coefficient (Wildman–Crippen LogP) is 8.33. The van der Waals surface area contributed by atoms with E-state index < -0.39 is 0 Å². The van der Waals surface area contributed by atoms with Gasteiger partial charge >= 0.3 is 0 Å². The zero-order chi connectivity index (χ0) is 30.3. The Bertz CT molecular complexity index is 1450. The number of rotatable bonds is 11. The number of aliphatic hydroxyl groups is 1. The Labute approximate surface area is 255 Å². The lowest BCUT2D eigenvalue weighted by Crippen LogP contribution is -2.43. The van der Waals surface area contributed by atoms with Crippen LogP contribution < -0.4 is 10.2 Å². The van der Waals surface area contributed by atoms with Crippen molar-refractivity contribution in [1.29, 1.82) is 0 Å². The number of unbranched alkanes of at least 4 members (excludes halogenated alkanes) is 1. The van der Waals surface area contributed by atoms with Gasteiger partial charge in [0.15, 0.2) is 0 Å². The van der Waals surface area contributed by atoms with Gasteiger partial charge in [-0.25, -0.2) is 4.39 Å². The molecule has 1 aliphatic carbocycles. The fourth-order valence-electron chi connectivity index (χ4n) is 6.21. The van der Waals surface area contributed by atoms with Crippen LogP contribution in [0.2, 0.25) is 0 Å². The van der Waals surface area contributed by atoms with E-state index >= 15 is 0 Å². The second-order valence-corrected chi connectivity index (χ2v) is 12.1. The Morgan fingerprint density at radius 3 is 2.56 bits per heavy atom. The number of anilines is 3. The fourth-order valence-corrected chi connectivity index (χ4v) is 6.21. The molecule has 226 valence electrons. The Balaban J connectivity index is 1.27. The van der Waals surface area contributed by atoms with Gasteiger partial charge in [0.1, 0.15) is 5.82 Å². The van der Waals surface area contributed by atoms with Crippen LogP contribution in [0.3, 0.4) is 0 Å². The van der Waals surface area contributed by atoms with E-state index in [9.17, 15) is 14.3 Å². The van der Waals surface area contributed by atoms with E-state index in [1.54, 1.807) is 6.07 Å². The lowest BCUT2D eigenvalue weighted by atomic mass is 9.81. The first-order valence-electron chi connectivity index (χ1n) is 15.6. The van der Waals surface area contributed by atoms with E-state index in [-0.39, 0.29) is 17.8 Å². The van der Waals surface area contributed by atoms with Crippen LogP contribution in [-0.2, 0) is 0 Å². The van der Waals surface area contributed by atoms with E-state index in [4.69, 9.17) is 0 Å². The normalized spacial score (nSPS) is 18.8. The molecule has 3 aromatic rings. The van der Waals surface area contributed by atoms with Gasteiger partial charge in [-0.2, -0.15) is 0 Å². The summed E-state index contributed by atoms with van der Waals surface area (Å²) < 4.78 is 13.8. The number of carbonyl (C=O) groups is 1. The molecule has 3 aromatic carbocycles. The number of halogens is 1. The minimum absolute atomic E-state index is 0.0331. The molecule has 1 aliphatic heterocycles. The lowest BCUT2D eigenvalue weighted by molar-refractivity contribution is 0.0462. The van der Waals surface area contributed by atoms with Gasteiger partial charge < -0.3 is 20.2 Å². The van der Waals surface area contributed by atoms with Gasteiger partial charge in [0.2, 0.25) is 0 Å². The molecular formula is C37H44FN3O2. The molecule has 2 N–H and O–H groups in total. The zero-order valence-electron chi connectivity index (χ0n) is 25.4. The van der Waals surface area contributed by atoms with E-state index in [1.165, 1.54) is 23.4 Å². The number of hydrogen-bond acceptors (Lipinski definition) is 4. The lowest BCUT2D eigenvalue weighted by Gasteiger charge is -2.41. The van der Waals surface area contributed by atoms with Gasteiger partial charge in [-0.3, -0.25) is 4.79 Å². The Hall–Kier alpha value is -3.90. The highest BCUT2D eigenvalue weighted by Crippen LogP contribution is 2.36. The molecule has 0 atom stereocenters. The molecule has 0 spiro atoms. The van der Waals surface area contributed by atoms with E-state index in [0.717, 1.165) is 62.0 Å². The highest BCUT2D eigenvalue weighted by atomic mass is 19.1. The van der Waals surface area contributed by atoms with Crippen LogP contribution in [0, 0.1) is 24.6 Å². The molecule has 43 heavy (non-hydrogen) atoms. The Morgan fingerprint density at radius 2 is 1.86 bits per heavy atom. The van der Waals surface area contributed by atoms with Crippen molar-refractivity contribution in [1.82, 2.24) is 4.90 Å². The summed E-state index contributed by atoms with van der Waals surface area (Å²) in [6, 6.07) is 20.5. The second-order valence-electron chi connectivity index (χ2n) is 12.1. The number of allylic oxidation sites excluding steroid dienone is 2. The van der Waals surface area contributed by atoms with Crippen molar-refractivity contribution in [3.8, 4) is 0 Å². The molecule has 6 heteroatoms. The predicted molar refractivity (Wildman–Crippen MR) is 175 cm³/mol. The van der Waals surface area contributed by atoms with Crippen molar-refractivity contribution in [3.63, 3.8) is 0 Å². The minimum atomic E-state index is -0.296. The van der Waals surface area contributed by atoms with Crippen LogP contribution in [0.15, 0.2) is 85.1 Å². The first-order valence-corrected chi connectivity index (χ1v) is 15.6.